The third-order valence-electron chi connectivity index (χ3n) is 2.48. The van der Waals surface area contributed by atoms with E-state index < -0.39 is 0 Å². The van der Waals surface area contributed by atoms with Crippen LogP contribution < -0.4 is 5.73 Å². The number of carbonyl (C=O) groups excluding carboxylic acids is 1. The predicted octanol–water partition coefficient (Wildman–Crippen LogP) is 1.22. The quantitative estimate of drug-likeness (QED) is 0.900. The number of rotatable bonds is 5. The van der Waals surface area contributed by atoms with Crippen LogP contribution in [0.2, 0.25) is 4.34 Å². The average Bonchev–Trinajstić information content (AvgIpc) is 2.98. The second-order valence-corrected chi connectivity index (χ2v) is 5.82. The lowest BCUT2D eigenvalue weighted by atomic mass is 10.3. The highest BCUT2D eigenvalue weighted by molar-refractivity contribution is 7.16. The van der Waals surface area contributed by atoms with E-state index in [1.807, 2.05) is 12.1 Å². The molecule has 0 unspecified atom stereocenters. The molecule has 0 bridgehead atoms. The lowest BCUT2D eigenvalue weighted by molar-refractivity contribution is 0.0780. The molecular formula is C11H14ClN5OS. The van der Waals surface area contributed by atoms with Gasteiger partial charge < -0.3 is 10.6 Å². The topological polar surface area (TPSA) is 77.0 Å². The van der Waals surface area contributed by atoms with Crippen LogP contribution >= 0.6 is 22.9 Å². The normalized spacial score (nSPS) is 10.7. The van der Waals surface area contributed by atoms with Crippen LogP contribution in [0.3, 0.4) is 0 Å². The zero-order valence-electron chi connectivity index (χ0n) is 10.4. The molecule has 0 aromatic carbocycles. The molecule has 0 saturated heterocycles. The van der Waals surface area contributed by atoms with Crippen molar-refractivity contribution in [3.63, 3.8) is 0 Å². The SMILES string of the molecule is CN(Cc1ccc(Cl)s1)C(=O)c1cn(CCN)nn1. The Bertz CT molecular complexity index is 567. The van der Waals surface area contributed by atoms with Crippen LogP contribution in [-0.4, -0.2) is 39.4 Å². The minimum Gasteiger partial charge on any atom is -0.335 e. The number of aromatic nitrogens is 3. The Morgan fingerprint density at radius 1 is 1.58 bits per heavy atom. The van der Waals surface area contributed by atoms with Gasteiger partial charge in [-0.25, -0.2) is 0 Å². The van der Waals surface area contributed by atoms with Crippen molar-refractivity contribution in [3.05, 3.63) is 33.2 Å². The van der Waals surface area contributed by atoms with E-state index in [1.165, 1.54) is 11.3 Å². The molecule has 2 heterocycles. The molecule has 6 nitrogen and oxygen atoms in total. The Balaban J connectivity index is 2.01. The van der Waals surface area contributed by atoms with Crippen LogP contribution in [0.1, 0.15) is 15.4 Å². The Labute approximate surface area is 119 Å². The van der Waals surface area contributed by atoms with E-state index >= 15 is 0 Å². The zero-order chi connectivity index (χ0) is 13.8. The van der Waals surface area contributed by atoms with Gasteiger partial charge in [0.2, 0.25) is 0 Å². The summed E-state index contributed by atoms with van der Waals surface area (Å²) in [6.07, 6.45) is 1.60. The molecule has 0 radical (unpaired) electrons. The van der Waals surface area contributed by atoms with Crippen molar-refractivity contribution in [3.8, 4) is 0 Å². The molecule has 0 aliphatic carbocycles. The molecule has 1 amide bonds. The van der Waals surface area contributed by atoms with Crippen molar-refractivity contribution in [2.75, 3.05) is 13.6 Å². The average molecular weight is 300 g/mol. The van der Waals surface area contributed by atoms with Crippen molar-refractivity contribution in [1.82, 2.24) is 19.9 Å². The van der Waals surface area contributed by atoms with E-state index in [-0.39, 0.29) is 5.91 Å². The minimum absolute atomic E-state index is 0.173. The second kappa shape index (κ2) is 6.14. The lowest BCUT2D eigenvalue weighted by Crippen LogP contribution is -2.26. The molecule has 102 valence electrons. The van der Waals surface area contributed by atoms with Crippen molar-refractivity contribution < 1.29 is 4.79 Å². The van der Waals surface area contributed by atoms with E-state index in [9.17, 15) is 4.79 Å². The molecule has 0 aliphatic rings. The molecule has 2 rings (SSSR count). The first-order valence-electron chi connectivity index (χ1n) is 5.70. The van der Waals surface area contributed by atoms with Crippen LogP contribution in [0.4, 0.5) is 0 Å². The first kappa shape index (κ1) is 14.0. The highest BCUT2D eigenvalue weighted by Crippen LogP contribution is 2.22. The number of thiophene rings is 1. The van der Waals surface area contributed by atoms with Crippen molar-refractivity contribution >= 4 is 28.8 Å². The number of carbonyl (C=O) groups is 1. The van der Waals surface area contributed by atoms with Gasteiger partial charge in [-0.3, -0.25) is 9.48 Å². The Morgan fingerprint density at radius 3 is 3.00 bits per heavy atom. The van der Waals surface area contributed by atoms with Crippen molar-refractivity contribution in [2.24, 2.45) is 5.73 Å². The largest absolute Gasteiger partial charge is 0.335 e. The summed E-state index contributed by atoms with van der Waals surface area (Å²) >= 11 is 7.31. The minimum atomic E-state index is -0.173. The lowest BCUT2D eigenvalue weighted by Gasteiger charge is -2.14. The molecule has 0 atom stereocenters. The molecule has 0 saturated carbocycles. The molecule has 0 spiro atoms. The van der Waals surface area contributed by atoms with Crippen LogP contribution in [0.5, 0.6) is 0 Å². The highest BCUT2D eigenvalue weighted by atomic mass is 35.5. The van der Waals surface area contributed by atoms with E-state index in [1.54, 1.807) is 22.8 Å². The number of amides is 1. The van der Waals surface area contributed by atoms with Crippen molar-refractivity contribution in [2.45, 2.75) is 13.1 Å². The third-order valence-corrected chi connectivity index (χ3v) is 3.70. The summed E-state index contributed by atoms with van der Waals surface area (Å²) in [5.74, 6) is -0.173. The second-order valence-electron chi connectivity index (χ2n) is 4.02. The fourth-order valence-electron chi connectivity index (χ4n) is 1.58. The smallest absolute Gasteiger partial charge is 0.276 e. The summed E-state index contributed by atoms with van der Waals surface area (Å²) in [6.45, 7) is 1.50. The van der Waals surface area contributed by atoms with E-state index in [4.69, 9.17) is 17.3 Å². The van der Waals surface area contributed by atoms with Gasteiger partial charge in [0.25, 0.3) is 5.91 Å². The summed E-state index contributed by atoms with van der Waals surface area (Å²) in [5.41, 5.74) is 5.73. The maximum Gasteiger partial charge on any atom is 0.276 e. The molecule has 2 aromatic rings. The van der Waals surface area contributed by atoms with Crippen molar-refractivity contribution in [1.29, 1.82) is 0 Å². The van der Waals surface area contributed by atoms with Gasteiger partial charge in [-0.2, -0.15) is 0 Å². The highest BCUT2D eigenvalue weighted by Gasteiger charge is 2.16. The Morgan fingerprint density at radius 2 is 2.37 bits per heavy atom. The number of nitrogens with zero attached hydrogens (tertiary/aromatic N) is 4. The van der Waals surface area contributed by atoms with Gasteiger partial charge in [-0.15, -0.1) is 16.4 Å². The molecule has 8 heteroatoms. The van der Waals surface area contributed by atoms with Gasteiger partial charge in [0.15, 0.2) is 5.69 Å². The maximum absolute atomic E-state index is 12.1. The predicted molar refractivity (Wildman–Crippen MR) is 74.2 cm³/mol. The summed E-state index contributed by atoms with van der Waals surface area (Å²) < 4.78 is 2.27. The first-order valence-corrected chi connectivity index (χ1v) is 6.89. The first-order chi connectivity index (χ1) is 9.10. The standard InChI is InChI=1S/C11H14ClN5OS/c1-16(6-8-2-3-10(12)19-8)11(18)9-7-17(5-4-13)15-14-9/h2-3,7H,4-6,13H2,1H3. The number of nitrogens with two attached hydrogens (primary N) is 1. The molecule has 2 N–H and O–H groups in total. The van der Waals surface area contributed by atoms with Gasteiger partial charge in [-0.1, -0.05) is 16.8 Å². The summed E-state index contributed by atoms with van der Waals surface area (Å²) in [5, 5.41) is 7.69. The van der Waals surface area contributed by atoms with Crippen LogP contribution in [0.15, 0.2) is 18.3 Å². The van der Waals surface area contributed by atoms with Crippen LogP contribution in [0, 0.1) is 0 Å². The number of halogens is 1. The molecule has 19 heavy (non-hydrogen) atoms. The van der Waals surface area contributed by atoms with E-state index in [2.05, 4.69) is 10.3 Å². The number of hydrogen-bond acceptors (Lipinski definition) is 5. The zero-order valence-corrected chi connectivity index (χ0v) is 12.0. The van der Waals surface area contributed by atoms with Gasteiger partial charge in [-0.05, 0) is 12.1 Å². The summed E-state index contributed by atoms with van der Waals surface area (Å²) in [6, 6.07) is 3.72. The van der Waals surface area contributed by atoms with Crippen LogP contribution in [0.25, 0.3) is 0 Å². The van der Waals surface area contributed by atoms with Gasteiger partial charge in [0.1, 0.15) is 0 Å². The fourth-order valence-corrected chi connectivity index (χ4v) is 2.72. The number of hydrogen-bond donors (Lipinski definition) is 1. The Kier molecular flexibility index (Phi) is 4.52. The van der Waals surface area contributed by atoms with Gasteiger partial charge in [0, 0.05) is 18.5 Å². The monoisotopic (exact) mass is 299 g/mol. The third kappa shape index (κ3) is 3.52. The van der Waals surface area contributed by atoms with Crippen LogP contribution in [-0.2, 0) is 13.1 Å². The summed E-state index contributed by atoms with van der Waals surface area (Å²) in [7, 11) is 1.72. The Hall–Kier alpha value is -1.44. The molecule has 0 aliphatic heterocycles. The summed E-state index contributed by atoms with van der Waals surface area (Å²) in [4.78, 5) is 14.7. The molecule has 0 fully saturated rings. The maximum atomic E-state index is 12.1. The van der Waals surface area contributed by atoms with E-state index in [0.29, 0.717) is 29.7 Å². The van der Waals surface area contributed by atoms with Gasteiger partial charge in [0.05, 0.1) is 23.6 Å². The molecular weight excluding hydrogens is 286 g/mol. The molecule has 2 aromatic heterocycles. The van der Waals surface area contributed by atoms with E-state index in [0.717, 1.165) is 4.88 Å². The van der Waals surface area contributed by atoms with Gasteiger partial charge >= 0.3 is 0 Å². The fraction of sp³-hybridized carbons (Fsp3) is 0.364.